The van der Waals surface area contributed by atoms with Crippen molar-refractivity contribution < 1.29 is 4.74 Å². The van der Waals surface area contributed by atoms with E-state index in [0.717, 1.165) is 24.3 Å². The van der Waals surface area contributed by atoms with Gasteiger partial charge in [0.1, 0.15) is 5.76 Å². The Balaban J connectivity index is 4.40. The SMILES string of the molecule is C#CCC/C=C(/OC(C)C)C(C)=NC. The first-order valence-corrected chi connectivity index (χ1v) is 4.85. The maximum absolute atomic E-state index is 5.61. The summed E-state index contributed by atoms with van der Waals surface area (Å²) in [4.78, 5) is 4.09. The van der Waals surface area contributed by atoms with Crippen molar-refractivity contribution in [3.05, 3.63) is 11.8 Å². The highest BCUT2D eigenvalue weighted by molar-refractivity contribution is 5.96. The molecule has 0 heterocycles. The van der Waals surface area contributed by atoms with Crippen molar-refractivity contribution in [2.45, 2.75) is 39.7 Å². The van der Waals surface area contributed by atoms with Gasteiger partial charge in [-0.05, 0) is 33.3 Å². The molecule has 0 N–H and O–H groups in total. The smallest absolute Gasteiger partial charge is 0.136 e. The van der Waals surface area contributed by atoms with Gasteiger partial charge in [-0.15, -0.1) is 12.3 Å². The summed E-state index contributed by atoms with van der Waals surface area (Å²) in [5.41, 5.74) is 0.913. The first-order valence-electron chi connectivity index (χ1n) is 4.85. The van der Waals surface area contributed by atoms with Crippen LogP contribution in [0.1, 0.15) is 33.6 Å². The van der Waals surface area contributed by atoms with Crippen LogP contribution < -0.4 is 0 Å². The summed E-state index contributed by atoms with van der Waals surface area (Å²) in [6.07, 6.45) is 8.92. The van der Waals surface area contributed by atoms with E-state index in [9.17, 15) is 0 Å². The average Bonchev–Trinajstić information content (AvgIpc) is 2.15. The van der Waals surface area contributed by atoms with E-state index < -0.39 is 0 Å². The van der Waals surface area contributed by atoms with Crippen LogP contribution in [0.4, 0.5) is 0 Å². The van der Waals surface area contributed by atoms with Crippen LogP contribution in [0.5, 0.6) is 0 Å². The number of ether oxygens (including phenoxy) is 1. The highest BCUT2D eigenvalue weighted by Gasteiger charge is 2.03. The number of allylic oxidation sites excluding steroid dienone is 2. The lowest BCUT2D eigenvalue weighted by Gasteiger charge is -2.13. The Labute approximate surface area is 87.1 Å². The Kier molecular flexibility index (Phi) is 6.57. The lowest BCUT2D eigenvalue weighted by Crippen LogP contribution is -2.08. The van der Waals surface area contributed by atoms with Gasteiger partial charge >= 0.3 is 0 Å². The molecule has 0 unspecified atom stereocenters. The standard InChI is InChI=1S/C12H19NO/c1-6-7-8-9-12(11(4)13-5)14-10(2)3/h1,9-10H,7-8H2,2-5H3/b12-9+,13-11?. The van der Waals surface area contributed by atoms with Crippen molar-refractivity contribution >= 4 is 5.71 Å². The van der Waals surface area contributed by atoms with E-state index in [0.29, 0.717) is 0 Å². The highest BCUT2D eigenvalue weighted by Crippen LogP contribution is 2.07. The Morgan fingerprint density at radius 1 is 1.57 bits per heavy atom. The molecule has 0 aromatic heterocycles. The number of hydrogen-bond acceptors (Lipinski definition) is 2. The van der Waals surface area contributed by atoms with Crippen molar-refractivity contribution in [3.8, 4) is 12.3 Å². The molecule has 0 aliphatic carbocycles. The molecule has 2 heteroatoms. The monoisotopic (exact) mass is 193 g/mol. The zero-order chi connectivity index (χ0) is 11.0. The number of rotatable bonds is 5. The number of terminal acetylenes is 1. The van der Waals surface area contributed by atoms with Gasteiger partial charge in [-0.1, -0.05) is 0 Å². The molecule has 0 aliphatic heterocycles. The summed E-state index contributed by atoms with van der Waals surface area (Å²) < 4.78 is 5.61. The lowest BCUT2D eigenvalue weighted by atomic mass is 10.2. The molecule has 0 aromatic rings. The van der Waals surface area contributed by atoms with Crippen molar-refractivity contribution in [1.29, 1.82) is 0 Å². The molecule has 0 aromatic carbocycles. The second-order valence-electron chi connectivity index (χ2n) is 3.29. The number of nitrogens with zero attached hydrogens (tertiary/aromatic N) is 1. The molecule has 0 amide bonds. The molecule has 14 heavy (non-hydrogen) atoms. The van der Waals surface area contributed by atoms with Gasteiger partial charge in [0.25, 0.3) is 0 Å². The molecular formula is C12H19NO. The van der Waals surface area contributed by atoms with Crippen molar-refractivity contribution in [2.75, 3.05) is 7.05 Å². The third-order valence-electron chi connectivity index (χ3n) is 1.67. The molecule has 78 valence electrons. The van der Waals surface area contributed by atoms with E-state index >= 15 is 0 Å². The van der Waals surface area contributed by atoms with E-state index in [1.54, 1.807) is 7.05 Å². The highest BCUT2D eigenvalue weighted by atomic mass is 16.5. The van der Waals surface area contributed by atoms with Gasteiger partial charge in [-0.25, -0.2) is 0 Å². The van der Waals surface area contributed by atoms with Crippen molar-refractivity contribution in [1.82, 2.24) is 0 Å². The third kappa shape index (κ3) is 5.42. The molecule has 0 atom stereocenters. The minimum absolute atomic E-state index is 0.170. The van der Waals surface area contributed by atoms with Gasteiger partial charge in [-0.2, -0.15) is 0 Å². The topological polar surface area (TPSA) is 21.6 Å². The van der Waals surface area contributed by atoms with E-state index in [-0.39, 0.29) is 6.10 Å². The molecule has 0 saturated heterocycles. The Bertz CT molecular complexity index is 256. The van der Waals surface area contributed by atoms with Gasteiger partial charge in [0.2, 0.25) is 0 Å². The first-order chi connectivity index (χ1) is 6.61. The zero-order valence-electron chi connectivity index (χ0n) is 9.50. The quantitative estimate of drug-likeness (QED) is 0.285. The maximum atomic E-state index is 5.61. The first kappa shape index (κ1) is 12.8. The van der Waals surface area contributed by atoms with Gasteiger partial charge in [0.05, 0.1) is 11.8 Å². The van der Waals surface area contributed by atoms with Crippen LogP contribution in [0.3, 0.4) is 0 Å². The zero-order valence-corrected chi connectivity index (χ0v) is 9.50. The summed E-state index contributed by atoms with van der Waals surface area (Å²) in [7, 11) is 1.76. The Morgan fingerprint density at radius 3 is 2.64 bits per heavy atom. The van der Waals surface area contributed by atoms with Crippen molar-refractivity contribution in [2.24, 2.45) is 4.99 Å². The predicted molar refractivity (Wildman–Crippen MR) is 61.4 cm³/mol. The van der Waals surface area contributed by atoms with E-state index in [1.807, 2.05) is 26.8 Å². The molecule has 0 spiro atoms. The van der Waals surface area contributed by atoms with Gasteiger partial charge < -0.3 is 4.74 Å². The molecular weight excluding hydrogens is 174 g/mol. The lowest BCUT2D eigenvalue weighted by molar-refractivity contribution is 0.162. The summed E-state index contributed by atoms with van der Waals surface area (Å²) >= 11 is 0. The fourth-order valence-corrected chi connectivity index (χ4v) is 0.932. The second kappa shape index (κ2) is 7.20. The summed E-state index contributed by atoms with van der Waals surface area (Å²) in [6.45, 7) is 5.93. The van der Waals surface area contributed by atoms with E-state index in [4.69, 9.17) is 11.2 Å². The van der Waals surface area contributed by atoms with Crippen LogP contribution in [-0.2, 0) is 4.74 Å². The molecule has 0 rings (SSSR count). The van der Waals surface area contributed by atoms with Crippen LogP contribution in [0.25, 0.3) is 0 Å². The maximum Gasteiger partial charge on any atom is 0.136 e. The predicted octanol–water partition coefficient (Wildman–Crippen LogP) is 2.80. The largest absolute Gasteiger partial charge is 0.489 e. The average molecular weight is 193 g/mol. The Morgan fingerprint density at radius 2 is 2.21 bits per heavy atom. The fourth-order valence-electron chi connectivity index (χ4n) is 0.932. The number of unbranched alkanes of at least 4 members (excludes halogenated alkanes) is 1. The van der Waals surface area contributed by atoms with Crippen LogP contribution >= 0.6 is 0 Å². The van der Waals surface area contributed by atoms with Gasteiger partial charge in [-0.3, -0.25) is 4.99 Å². The number of hydrogen-bond donors (Lipinski definition) is 0. The summed E-state index contributed by atoms with van der Waals surface area (Å²) in [6, 6.07) is 0. The van der Waals surface area contributed by atoms with Crippen LogP contribution in [0.2, 0.25) is 0 Å². The molecule has 0 fully saturated rings. The number of aliphatic imine (C=N–C) groups is 1. The van der Waals surface area contributed by atoms with Crippen LogP contribution in [0, 0.1) is 12.3 Å². The summed E-state index contributed by atoms with van der Waals surface area (Å²) in [5, 5.41) is 0. The van der Waals surface area contributed by atoms with Crippen molar-refractivity contribution in [3.63, 3.8) is 0 Å². The van der Waals surface area contributed by atoms with Gasteiger partial charge in [0, 0.05) is 13.5 Å². The van der Waals surface area contributed by atoms with E-state index in [1.165, 1.54) is 0 Å². The molecule has 0 radical (unpaired) electrons. The molecule has 0 bridgehead atoms. The fraction of sp³-hybridized carbons (Fsp3) is 0.583. The minimum Gasteiger partial charge on any atom is -0.489 e. The third-order valence-corrected chi connectivity index (χ3v) is 1.67. The Hall–Kier alpha value is -1.23. The minimum atomic E-state index is 0.170. The second-order valence-corrected chi connectivity index (χ2v) is 3.29. The molecule has 0 saturated carbocycles. The van der Waals surface area contributed by atoms with Gasteiger partial charge in [0.15, 0.2) is 0 Å². The van der Waals surface area contributed by atoms with Crippen LogP contribution in [-0.4, -0.2) is 18.9 Å². The summed E-state index contributed by atoms with van der Waals surface area (Å²) in [5.74, 6) is 3.44. The molecule has 0 aliphatic rings. The van der Waals surface area contributed by atoms with E-state index in [2.05, 4.69) is 10.9 Å². The van der Waals surface area contributed by atoms with Crippen LogP contribution in [0.15, 0.2) is 16.8 Å². The normalized spacial score (nSPS) is 12.9. The molecule has 2 nitrogen and oxygen atoms in total.